The molecule has 0 amide bonds. The van der Waals surface area contributed by atoms with E-state index in [2.05, 4.69) is 24.0 Å². The number of oxazole rings is 1. The molecule has 0 unspecified atom stereocenters. The van der Waals surface area contributed by atoms with Crippen LogP contribution in [0, 0.1) is 0 Å². The molecule has 2 rings (SSSR count). The Bertz CT molecular complexity index is 392. The largest absolute Gasteiger partial charge is 0.448 e. The van der Waals surface area contributed by atoms with Gasteiger partial charge in [0, 0.05) is 6.42 Å². The van der Waals surface area contributed by atoms with Crippen LogP contribution >= 0.6 is 0 Å². The summed E-state index contributed by atoms with van der Waals surface area (Å²) in [5.74, 6) is 0.799. The standard InChI is InChI=1S/C12H13NO/c1-2-11-9-14-12(13-11)8-10-6-4-3-5-7-10/h3-7,9H,2,8H2,1H3. The third kappa shape index (κ3) is 2.02. The molecule has 0 bridgehead atoms. The molecule has 0 spiro atoms. The maximum Gasteiger partial charge on any atom is 0.198 e. The predicted molar refractivity (Wildman–Crippen MR) is 55.1 cm³/mol. The quantitative estimate of drug-likeness (QED) is 0.738. The molecule has 0 fully saturated rings. The van der Waals surface area contributed by atoms with E-state index < -0.39 is 0 Å². The first-order valence-electron chi connectivity index (χ1n) is 4.85. The molecule has 2 heteroatoms. The molecule has 1 aromatic carbocycles. The van der Waals surface area contributed by atoms with Crippen LogP contribution in [-0.2, 0) is 12.8 Å². The molecule has 0 aliphatic carbocycles. The van der Waals surface area contributed by atoms with Crippen molar-refractivity contribution in [1.29, 1.82) is 0 Å². The van der Waals surface area contributed by atoms with E-state index in [-0.39, 0.29) is 0 Å². The minimum atomic E-state index is 0.779. The first-order valence-corrected chi connectivity index (χ1v) is 4.85. The van der Waals surface area contributed by atoms with E-state index in [1.807, 2.05) is 18.2 Å². The lowest BCUT2D eigenvalue weighted by molar-refractivity contribution is 0.506. The second-order valence-electron chi connectivity index (χ2n) is 3.25. The number of benzene rings is 1. The Morgan fingerprint density at radius 3 is 2.64 bits per heavy atom. The van der Waals surface area contributed by atoms with E-state index in [1.54, 1.807) is 6.26 Å². The monoisotopic (exact) mass is 187 g/mol. The first kappa shape index (κ1) is 9.00. The molecule has 0 saturated carbocycles. The Morgan fingerprint density at radius 2 is 2.00 bits per heavy atom. The van der Waals surface area contributed by atoms with Gasteiger partial charge in [0.05, 0.1) is 5.69 Å². The summed E-state index contributed by atoms with van der Waals surface area (Å²) >= 11 is 0. The van der Waals surface area contributed by atoms with Crippen molar-refractivity contribution < 1.29 is 4.42 Å². The molecule has 14 heavy (non-hydrogen) atoms. The van der Waals surface area contributed by atoms with Crippen LogP contribution in [0.2, 0.25) is 0 Å². The highest BCUT2D eigenvalue weighted by molar-refractivity contribution is 5.18. The predicted octanol–water partition coefficient (Wildman–Crippen LogP) is 2.83. The van der Waals surface area contributed by atoms with Crippen LogP contribution in [0.3, 0.4) is 0 Å². The molecule has 0 N–H and O–H groups in total. The lowest BCUT2D eigenvalue weighted by Crippen LogP contribution is -1.88. The molecular formula is C12H13NO. The summed E-state index contributed by atoms with van der Waals surface area (Å²) in [4.78, 5) is 4.36. The van der Waals surface area contributed by atoms with E-state index >= 15 is 0 Å². The maximum absolute atomic E-state index is 5.35. The smallest absolute Gasteiger partial charge is 0.198 e. The van der Waals surface area contributed by atoms with Gasteiger partial charge in [0.1, 0.15) is 6.26 Å². The van der Waals surface area contributed by atoms with Crippen molar-refractivity contribution in [3.8, 4) is 0 Å². The van der Waals surface area contributed by atoms with Gasteiger partial charge in [-0.25, -0.2) is 4.98 Å². The lowest BCUT2D eigenvalue weighted by Gasteiger charge is -1.94. The third-order valence-corrected chi connectivity index (χ3v) is 2.16. The minimum absolute atomic E-state index is 0.779. The highest BCUT2D eigenvalue weighted by atomic mass is 16.3. The van der Waals surface area contributed by atoms with E-state index in [4.69, 9.17) is 4.42 Å². The van der Waals surface area contributed by atoms with Gasteiger partial charge >= 0.3 is 0 Å². The molecule has 0 saturated heterocycles. The number of hydrogen-bond donors (Lipinski definition) is 0. The van der Waals surface area contributed by atoms with Crippen molar-refractivity contribution in [2.45, 2.75) is 19.8 Å². The second kappa shape index (κ2) is 4.09. The Balaban J connectivity index is 2.11. The topological polar surface area (TPSA) is 26.0 Å². The lowest BCUT2D eigenvalue weighted by atomic mass is 10.1. The Labute approximate surface area is 83.6 Å². The molecule has 0 aliphatic rings. The number of nitrogens with zero attached hydrogens (tertiary/aromatic N) is 1. The van der Waals surface area contributed by atoms with Crippen LogP contribution in [0.15, 0.2) is 41.0 Å². The third-order valence-electron chi connectivity index (χ3n) is 2.16. The molecule has 0 aliphatic heterocycles. The molecule has 0 radical (unpaired) electrons. The van der Waals surface area contributed by atoms with Gasteiger partial charge in [0.15, 0.2) is 5.89 Å². The summed E-state index contributed by atoms with van der Waals surface area (Å²) in [5.41, 5.74) is 2.26. The van der Waals surface area contributed by atoms with Crippen molar-refractivity contribution >= 4 is 0 Å². The molecular weight excluding hydrogens is 174 g/mol. The van der Waals surface area contributed by atoms with Gasteiger partial charge < -0.3 is 4.42 Å². The normalized spacial score (nSPS) is 10.4. The number of aromatic nitrogens is 1. The molecule has 1 heterocycles. The number of aryl methyl sites for hydroxylation is 1. The average molecular weight is 187 g/mol. The first-order chi connectivity index (χ1) is 6.88. The van der Waals surface area contributed by atoms with Crippen LogP contribution in [0.5, 0.6) is 0 Å². The van der Waals surface area contributed by atoms with Crippen LogP contribution in [0.4, 0.5) is 0 Å². The van der Waals surface area contributed by atoms with E-state index in [9.17, 15) is 0 Å². The highest BCUT2D eigenvalue weighted by Crippen LogP contribution is 2.09. The molecule has 1 aromatic heterocycles. The van der Waals surface area contributed by atoms with Crippen molar-refractivity contribution in [1.82, 2.24) is 4.98 Å². The molecule has 2 aromatic rings. The van der Waals surface area contributed by atoms with Gasteiger partial charge in [0.2, 0.25) is 0 Å². The summed E-state index contributed by atoms with van der Waals surface area (Å²) in [6, 6.07) is 10.2. The van der Waals surface area contributed by atoms with E-state index in [0.29, 0.717) is 0 Å². The van der Waals surface area contributed by atoms with E-state index in [1.165, 1.54) is 5.56 Å². The van der Waals surface area contributed by atoms with Gasteiger partial charge in [-0.05, 0) is 12.0 Å². The fraction of sp³-hybridized carbons (Fsp3) is 0.250. The van der Waals surface area contributed by atoms with Crippen molar-refractivity contribution in [2.75, 3.05) is 0 Å². The van der Waals surface area contributed by atoms with Crippen LogP contribution < -0.4 is 0 Å². The zero-order chi connectivity index (χ0) is 9.80. The van der Waals surface area contributed by atoms with Gasteiger partial charge in [-0.15, -0.1) is 0 Å². The van der Waals surface area contributed by atoms with Crippen molar-refractivity contribution in [3.05, 3.63) is 53.7 Å². The maximum atomic E-state index is 5.35. The second-order valence-corrected chi connectivity index (χ2v) is 3.25. The zero-order valence-corrected chi connectivity index (χ0v) is 8.23. The summed E-state index contributed by atoms with van der Waals surface area (Å²) in [7, 11) is 0. The highest BCUT2D eigenvalue weighted by Gasteiger charge is 2.02. The van der Waals surface area contributed by atoms with Crippen LogP contribution in [0.1, 0.15) is 24.1 Å². The summed E-state index contributed by atoms with van der Waals surface area (Å²) < 4.78 is 5.35. The summed E-state index contributed by atoms with van der Waals surface area (Å²) in [6.07, 6.45) is 3.44. The fourth-order valence-electron chi connectivity index (χ4n) is 1.36. The van der Waals surface area contributed by atoms with Crippen molar-refractivity contribution in [3.63, 3.8) is 0 Å². The Kier molecular flexibility index (Phi) is 2.63. The van der Waals surface area contributed by atoms with Crippen molar-refractivity contribution in [2.24, 2.45) is 0 Å². The van der Waals surface area contributed by atoms with E-state index in [0.717, 1.165) is 24.4 Å². The number of rotatable bonds is 3. The van der Waals surface area contributed by atoms with Gasteiger partial charge in [-0.3, -0.25) is 0 Å². The summed E-state index contributed by atoms with van der Waals surface area (Å²) in [5, 5.41) is 0. The van der Waals surface area contributed by atoms with Crippen LogP contribution in [0.25, 0.3) is 0 Å². The Hall–Kier alpha value is -1.57. The average Bonchev–Trinajstić information content (AvgIpc) is 2.67. The molecule has 0 atom stereocenters. The van der Waals surface area contributed by atoms with Gasteiger partial charge in [0.25, 0.3) is 0 Å². The Morgan fingerprint density at radius 1 is 1.21 bits per heavy atom. The van der Waals surface area contributed by atoms with Gasteiger partial charge in [-0.2, -0.15) is 0 Å². The zero-order valence-electron chi connectivity index (χ0n) is 8.23. The summed E-state index contributed by atoms with van der Waals surface area (Å²) in [6.45, 7) is 2.07. The SMILES string of the molecule is CCc1coc(Cc2ccccc2)n1. The van der Waals surface area contributed by atoms with Gasteiger partial charge in [-0.1, -0.05) is 37.3 Å². The molecule has 2 nitrogen and oxygen atoms in total. The fourth-order valence-corrected chi connectivity index (χ4v) is 1.36. The minimum Gasteiger partial charge on any atom is -0.448 e. The van der Waals surface area contributed by atoms with Crippen LogP contribution in [-0.4, -0.2) is 4.98 Å². The molecule has 72 valence electrons. The number of hydrogen-bond acceptors (Lipinski definition) is 2.